The first-order valence-corrected chi connectivity index (χ1v) is 8.43. The van der Waals surface area contributed by atoms with E-state index in [9.17, 15) is 4.79 Å². The van der Waals surface area contributed by atoms with Gasteiger partial charge in [-0.1, -0.05) is 37.5 Å². The predicted octanol–water partition coefficient (Wildman–Crippen LogP) is 4.11. The monoisotopic (exact) mass is 303 g/mol. The van der Waals surface area contributed by atoms with Crippen molar-refractivity contribution in [1.82, 2.24) is 4.90 Å². The summed E-state index contributed by atoms with van der Waals surface area (Å²) in [6.07, 6.45) is 6.59. The molecule has 0 bridgehead atoms. The molecule has 3 rings (SSSR count). The smallest absolute Gasteiger partial charge is 0.407 e. The molecule has 1 N–H and O–H groups in total. The summed E-state index contributed by atoms with van der Waals surface area (Å²) in [4.78, 5) is 12.5. The largest absolute Gasteiger partial charge is 0.493 e. The maximum absolute atomic E-state index is 11.0. The van der Waals surface area contributed by atoms with Gasteiger partial charge in [-0.25, -0.2) is 4.79 Å². The number of likely N-dealkylation sites (tertiary alicyclic amines) is 1. The van der Waals surface area contributed by atoms with E-state index >= 15 is 0 Å². The summed E-state index contributed by atoms with van der Waals surface area (Å²) >= 11 is 0. The lowest BCUT2D eigenvalue weighted by Crippen LogP contribution is -2.27. The average Bonchev–Trinajstić information content (AvgIpc) is 3.03. The molecule has 4 nitrogen and oxygen atoms in total. The van der Waals surface area contributed by atoms with Gasteiger partial charge >= 0.3 is 6.09 Å². The van der Waals surface area contributed by atoms with E-state index in [1.165, 1.54) is 42.6 Å². The quantitative estimate of drug-likeness (QED) is 0.910. The van der Waals surface area contributed by atoms with E-state index in [0.717, 1.165) is 12.2 Å². The van der Waals surface area contributed by atoms with Crippen LogP contribution in [0.3, 0.4) is 0 Å². The Labute approximate surface area is 132 Å². The van der Waals surface area contributed by atoms with Crippen LogP contribution in [0.25, 0.3) is 0 Å². The summed E-state index contributed by atoms with van der Waals surface area (Å²) in [6, 6.07) is 8.38. The molecule has 120 valence electrons. The van der Waals surface area contributed by atoms with E-state index in [4.69, 9.17) is 9.84 Å². The Hall–Kier alpha value is -1.71. The molecule has 0 unspecified atom stereocenters. The third-order valence-corrected chi connectivity index (χ3v) is 4.99. The van der Waals surface area contributed by atoms with Crippen LogP contribution in [-0.4, -0.2) is 35.8 Å². The van der Waals surface area contributed by atoms with Gasteiger partial charge in [0.05, 0.1) is 6.61 Å². The number of carbonyl (C=O) groups is 1. The molecular weight excluding hydrogens is 278 g/mol. The molecule has 2 fully saturated rings. The minimum atomic E-state index is -0.815. The van der Waals surface area contributed by atoms with Crippen molar-refractivity contribution in [2.75, 3.05) is 19.7 Å². The van der Waals surface area contributed by atoms with E-state index < -0.39 is 6.09 Å². The van der Waals surface area contributed by atoms with E-state index in [1.807, 2.05) is 6.07 Å². The number of hydrogen-bond acceptors (Lipinski definition) is 2. The molecule has 1 aliphatic heterocycles. The molecule has 4 heteroatoms. The Morgan fingerprint density at radius 1 is 1.18 bits per heavy atom. The minimum Gasteiger partial charge on any atom is -0.493 e. The van der Waals surface area contributed by atoms with Crippen molar-refractivity contribution in [2.45, 2.75) is 44.4 Å². The molecule has 1 saturated carbocycles. The maximum atomic E-state index is 11.0. The van der Waals surface area contributed by atoms with E-state index in [0.29, 0.717) is 31.5 Å². The molecule has 1 aromatic rings. The van der Waals surface area contributed by atoms with Crippen LogP contribution in [0.15, 0.2) is 24.3 Å². The van der Waals surface area contributed by atoms with E-state index in [1.54, 1.807) is 0 Å². The third kappa shape index (κ3) is 3.54. The number of ether oxygens (including phenoxy) is 1. The number of hydrogen-bond donors (Lipinski definition) is 1. The molecular formula is C18H25NO3. The van der Waals surface area contributed by atoms with Crippen LogP contribution < -0.4 is 4.74 Å². The van der Waals surface area contributed by atoms with Gasteiger partial charge in [0.25, 0.3) is 0 Å². The van der Waals surface area contributed by atoms with Gasteiger partial charge in [0, 0.05) is 19.0 Å². The first-order valence-electron chi connectivity index (χ1n) is 8.43. The molecule has 22 heavy (non-hydrogen) atoms. The van der Waals surface area contributed by atoms with Crippen molar-refractivity contribution in [2.24, 2.45) is 5.92 Å². The summed E-state index contributed by atoms with van der Waals surface area (Å²) in [5.41, 5.74) is 1.34. The van der Waals surface area contributed by atoms with Gasteiger partial charge in [0.1, 0.15) is 5.75 Å². The molecule has 1 aliphatic carbocycles. The molecule has 1 amide bonds. The number of amides is 1. The van der Waals surface area contributed by atoms with Gasteiger partial charge in [-0.2, -0.15) is 0 Å². The molecule has 1 aromatic carbocycles. The predicted molar refractivity (Wildman–Crippen MR) is 85.5 cm³/mol. The highest BCUT2D eigenvalue weighted by Crippen LogP contribution is 2.37. The van der Waals surface area contributed by atoms with Crippen molar-refractivity contribution in [3.8, 4) is 5.75 Å². The number of benzene rings is 1. The lowest BCUT2D eigenvalue weighted by molar-refractivity contribution is 0.151. The van der Waals surface area contributed by atoms with Crippen molar-refractivity contribution in [3.63, 3.8) is 0 Å². The molecule has 0 aromatic heterocycles. The highest BCUT2D eigenvalue weighted by molar-refractivity contribution is 5.65. The van der Waals surface area contributed by atoms with Crippen molar-refractivity contribution in [3.05, 3.63) is 29.8 Å². The number of carboxylic acid groups (broad SMARTS) is 1. The summed E-state index contributed by atoms with van der Waals surface area (Å²) in [6.45, 7) is 1.85. The fraction of sp³-hybridized carbons (Fsp3) is 0.611. The van der Waals surface area contributed by atoms with Crippen LogP contribution in [0, 0.1) is 5.92 Å². The van der Waals surface area contributed by atoms with Crippen molar-refractivity contribution in [1.29, 1.82) is 0 Å². The maximum Gasteiger partial charge on any atom is 0.407 e. The fourth-order valence-electron chi connectivity index (χ4n) is 3.71. The minimum absolute atomic E-state index is 0.315. The zero-order valence-corrected chi connectivity index (χ0v) is 13.0. The summed E-state index contributed by atoms with van der Waals surface area (Å²) in [7, 11) is 0. The van der Waals surface area contributed by atoms with Crippen LogP contribution in [0.2, 0.25) is 0 Å². The van der Waals surface area contributed by atoms with Crippen LogP contribution in [0.4, 0.5) is 4.79 Å². The Morgan fingerprint density at radius 2 is 1.95 bits per heavy atom. The van der Waals surface area contributed by atoms with Crippen LogP contribution in [-0.2, 0) is 0 Å². The zero-order chi connectivity index (χ0) is 15.4. The molecule has 1 atom stereocenters. The van der Waals surface area contributed by atoms with E-state index in [-0.39, 0.29) is 0 Å². The summed E-state index contributed by atoms with van der Waals surface area (Å²) < 4.78 is 6.08. The second-order valence-corrected chi connectivity index (χ2v) is 6.57. The third-order valence-electron chi connectivity index (χ3n) is 4.99. The second kappa shape index (κ2) is 7.03. The first kappa shape index (κ1) is 15.2. The van der Waals surface area contributed by atoms with Crippen molar-refractivity contribution >= 4 is 6.09 Å². The molecule has 0 radical (unpaired) electrons. The Bertz CT molecular complexity index is 511. The topological polar surface area (TPSA) is 49.8 Å². The van der Waals surface area contributed by atoms with E-state index in [2.05, 4.69) is 18.2 Å². The molecule has 0 spiro atoms. The second-order valence-electron chi connectivity index (χ2n) is 6.57. The van der Waals surface area contributed by atoms with Crippen molar-refractivity contribution < 1.29 is 14.6 Å². The van der Waals surface area contributed by atoms with Gasteiger partial charge in [0.2, 0.25) is 0 Å². The first-order chi connectivity index (χ1) is 10.7. The van der Waals surface area contributed by atoms with Gasteiger partial charge in [-0.3, -0.25) is 0 Å². The normalized spacial score (nSPS) is 22.7. The molecule has 1 saturated heterocycles. The average molecular weight is 303 g/mol. The summed E-state index contributed by atoms with van der Waals surface area (Å²) in [5, 5.41) is 9.02. The number of para-hydroxylation sites is 1. The van der Waals surface area contributed by atoms with Crippen LogP contribution in [0.5, 0.6) is 5.75 Å². The fourth-order valence-corrected chi connectivity index (χ4v) is 3.71. The number of nitrogens with zero attached hydrogens (tertiary/aromatic N) is 1. The lowest BCUT2D eigenvalue weighted by Gasteiger charge is -2.24. The highest BCUT2D eigenvalue weighted by atomic mass is 16.5. The number of rotatable bonds is 4. The van der Waals surface area contributed by atoms with Gasteiger partial charge < -0.3 is 14.7 Å². The van der Waals surface area contributed by atoms with Crippen LogP contribution in [0.1, 0.15) is 50.0 Å². The Balaban J connectivity index is 1.59. The molecule has 1 heterocycles. The standard InChI is InChI=1S/C18H25NO3/c20-18(21)19-11-10-14(12-19)13-22-17-9-5-4-8-16(17)15-6-2-1-3-7-15/h4-5,8-9,14-15H,1-3,6-7,10-13H2,(H,20,21)/t14-/m0/s1. The molecule has 2 aliphatic rings. The van der Waals surface area contributed by atoms with Gasteiger partial charge in [-0.15, -0.1) is 0 Å². The Morgan fingerprint density at radius 3 is 2.68 bits per heavy atom. The van der Waals surface area contributed by atoms with Gasteiger partial charge in [0.15, 0.2) is 0 Å². The lowest BCUT2D eigenvalue weighted by atomic mass is 9.84. The Kier molecular flexibility index (Phi) is 4.86. The SMILES string of the molecule is O=C(O)N1CC[C@H](COc2ccccc2C2CCCCC2)C1. The zero-order valence-electron chi connectivity index (χ0n) is 13.0. The van der Waals surface area contributed by atoms with Crippen LogP contribution >= 0.6 is 0 Å². The highest BCUT2D eigenvalue weighted by Gasteiger charge is 2.27. The summed E-state index contributed by atoms with van der Waals surface area (Å²) in [5.74, 6) is 1.95. The van der Waals surface area contributed by atoms with Gasteiger partial charge in [-0.05, 0) is 36.8 Å².